The number of fused-ring (bicyclic) bond motifs is 3. The maximum absolute atomic E-state index is 12.7. The highest BCUT2D eigenvalue weighted by molar-refractivity contribution is 5.95. The molecule has 2 aliphatic heterocycles. The lowest BCUT2D eigenvalue weighted by Crippen LogP contribution is -2.31. The maximum atomic E-state index is 12.7. The summed E-state index contributed by atoms with van der Waals surface area (Å²) in [6.45, 7) is 4.91. The van der Waals surface area contributed by atoms with Crippen LogP contribution in [0.5, 0.6) is 0 Å². The van der Waals surface area contributed by atoms with Gasteiger partial charge in [0.25, 0.3) is 5.91 Å². The van der Waals surface area contributed by atoms with E-state index in [0.29, 0.717) is 12.3 Å². The number of nitrogens with one attached hydrogen (secondary N) is 1. The Bertz CT molecular complexity index is 873. The number of aromatic nitrogens is 2. The Balaban J connectivity index is 1.36. The van der Waals surface area contributed by atoms with E-state index >= 15 is 0 Å². The average Bonchev–Trinajstić information content (AvgIpc) is 3.47. The SMILES string of the molecule is Cc1c(C(=O)NC[C@@H]2CCCO2)oc2c1-c1nn(C[C@@H]3CCCO3)cc1CC2. The number of amides is 1. The summed E-state index contributed by atoms with van der Waals surface area (Å²) in [5.74, 6) is 1.11. The molecule has 2 atom stereocenters. The van der Waals surface area contributed by atoms with E-state index in [2.05, 4.69) is 11.5 Å². The Morgan fingerprint density at radius 2 is 2.00 bits per heavy atom. The molecular weight excluding hydrogens is 358 g/mol. The summed E-state index contributed by atoms with van der Waals surface area (Å²) >= 11 is 0. The number of furan rings is 1. The van der Waals surface area contributed by atoms with Crippen LogP contribution in [0.4, 0.5) is 0 Å². The fourth-order valence-electron chi connectivity index (χ4n) is 4.56. The highest BCUT2D eigenvalue weighted by atomic mass is 16.5. The van der Waals surface area contributed by atoms with E-state index in [-0.39, 0.29) is 18.1 Å². The Labute approximate surface area is 164 Å². The van der Waals surface area contributed by atoms with Gasteiger partial charge in [-0.3, -0.25) is 9.48 Å². The molecule has 0 bridgehead atoms. The van der Waals surface area contributed by atoms with Crippen molar-refractivity contribution in [2.24, 2.45) is 0 Å². The summed E-state index contributed by atoms with van der Waals surface area (Å²) in [5, 5.41) is 7.79. The third-order valence-electron chi connectivity index (χ3n) is 6.05. The third-order valence-corrected chi connectivity index (χ3v) is 6.05. The van der Waals surface area contributed by atoms with Crippen LogP contribution in [0, 0.1) is 6.92 Å². The summed E-state index contributed by atoms with van der Waals surface area (Å²) in [6, 6.07) is 0. The number of hydrogen-bond donors (Lipinski definition) is 1. The van der Waals surface area contributed by atoms with E-state index in [1.54, 1.807) is 0 Å². The van der Waals surface area contributed by atoms with Gasteiger partial charge in [0.2, 0.25) is 0 Å². The number of aryl methyl sites for hydroxylation is 2. The topological polar surface area (TPSA) is 78.5 Å². The van der Waals surface area contributed by atoms with Gasteiger partial charge in [0.15, 0.2) is 5.76 Å². The van der Waals surface area contributed by atoms with Gasteiger partial charge in [-0.25, -0.2) is 0 Å². The second-order valence-electron chi connectivity index (χ2n) is 8.06. The van der Waals surface area contributed by atoms with E-state index in [4.69, 9.17) is 19.0 Å². The van der Waals surface area contributed by atoms with Crippen LogP contribution in [-0.2, 0) is 28.9 Å². The Morgan fingerprint density at radius 3 is 2.75 bits per heavy atom. The van der Waals surface area contributed by atoms with E-state index in [9.17, 15) is 4.79 Å². The molecule has 2 aromatic rings. The number of ether oxygens (including phenoxy) is 2. The molecule has 2 saturated heterocycles. The number of nitrogens with zero attached hydrogens (tertiary/aromatic N) is 2. The fourth-order valence-corrected chi connectivity index (χ4v) is 4.56. The Kier molecular flexibility index (Phi) is 4.72. The fraction of sp³-hybridized carbons (Fsp3) is 0.619. The molecule has 0 saturated carbocycles. The van der Waals surface area contributed by atoms with Crippen LogP contribution in [-0.4, -0.2) is 47.7 Å². The van der Waals surface area contributed by atoms with Crippen LogP contribution < -0.4 is 5.32 Å². The lowest BCUT2D eigenvalue weighted by molar-refractivity contribution is 0.0833. The van der Waals surface area contributed by atoms with Crippen LogP contribution in [0.25, 0.3) is 11.3 Å². The third kappa shape index (κ3) is 3.26. The molecule has 0 spiro atoms. The molecule has 1 aliphatic carbocycles. The first-order chi connectivity index (χ1) is 13.7. The van der Waals surface area contributed by atoms with Crippen molar-refractivity contribution in [2.45, 2.75) is 64.2 Å². The van der Waals surface area contributed by atoms with Crippen molar-refractivity contribution in [3.05, 3.63) is 28.8 Å². The van der Waals surface area contributed by atoms with Crippen molar-refractivity contribution in [1.82, 2.24) is 15.1 Å². The van der Waals surface area contributed by atoms with Crippen molar-refractivity contribution >= 4 is 5.91 Å². The van der Waals surface area contributed by atoms with Crippen molar-refractivity contribution in [1.29, 1.82) is 0 Å². The molecule has 7 nitrogen and oxygen atoms in total. The van der Waals surface area contributed by atoms with Gasteiger partial charge in [-0.2, -0.15) is 5.10 Å². The van der Waals surface area contributed by atoms with Gasteiger partial charge in [0.05, 0.1) is 24.4 Å². The second kappa shape index (κ2) is 7.37. The molecule has 150 valence electrons. The van der Waals surface area contributed by atoms with E-state index < -0.39 is 0 Å². The minimum atomic E-state index is -0.164. The summed E-state index contributed by atoms with van der Waals surface area (Å²) in [4.78, 5) is 12.7. The van der Waals surface area contributed by atoms with Crippen LogP contribution in [0.3, 0.4) is 0 Å². The first-order valence-electron chi connectivity index (χ1n) is 10.4. The van der Waals surface area contributed by atoms with Gasteiger partial charge in [-0.05, 0) is 44.6 Å². The second-order valence-corrected chi connectivity index (χ2v) is 8.06. The summed E-state index contributed by atoms with van der Waals surface area (Å²) in [7, 11) is 0. The lowest BCUT2D eigenvalue weighted by Gasteiger charge is -2.10. The van der Waals surface area contributed by atoms with Gasteiger partial charge in [-0.15, -0.1) is 0 Å². The average molecular weight is 385 g/mol. The standard InChI is InChI=1S/C21H27N3O4/c1-13-18-17(28-20(13)21(25)22-10-15-4-2-8-26-15)7-6-14-11-24(23-19(14)18)12-16-5-3-9-27-16/h11,15-16H,2-10,12H2,1H3,(H,22,25)/t15-,16-/m0/s1. The quantitative estimate of drug-likeness (QED) is 0.856. The molecule has 2 fully saturated rings. The number of rotatable bonds is 5. The molecule has 7 heteroatoms. The molecule has 3 aliphatic rings. The molecule has 0 radical (unpaired) electrons. The van der Waals surface area contributed by atoms with Crippen LogP contribution in [0.15, 0.2) is 10.6 Å². The number of hydrogen-bond acceptors (Lipinski definition) is 5. The van der Waals surface area contributed by atoms with Gasteiger partial charge >= 0.3 is 0 Å². The number of carbonyl (C=O) groups excluding carboxylic acids is 1. The van der Waals surface area contributed by atoms with Crippen molar-refractivity contribution in [3.63, 3.8) is 0 Å². The van der Waals surface area contributed by atoms with E-state index in [1.165, 1.54) is 5.56 Å². The molecule has 28 heavy (non-hydrogen) atoms. The predicted octanol–water partition coefficient (Wildman–Crippen LogP) is 2.64. The smallest absolute Gasteiger partial charge is 0.287 e. The van der Waals surface area contributed by atoms with E-state index in [0.717, 1.165) is 80.9 Å². The van der Waals surface area contributed by atoms with Crippen LogP contribution in [0.1, 0.15) is 53.1 Å². The van der Waals surface area contributed by atoms with Crippen molar-refractivity contribution in [2.75, 3.05) is 19.8 Å². The Hall–Kier alpha value is -2.12. The Morgan fingerprint density at radius 1 is 1.21 bits per heavy atom. The van der Waals surface area contributed by atoms with Gasteiger partial charge in [0, 0.05) is 43.5 Å². The molecular formula is C21H27N3O4. The normalized spacial score (nSPS) is 23.6. The molecule has 1 amide bonds. The minimum absolute atomic E-state index is 0.119. The largest absolute Gasteiger partial charge is 0.455 e. The minimum Gasteiger partial charge on any atom is -0.455 e. The molecule has 0 unspecified atom stereocenters. The van der Waals surface area contributed by atoms with Crippen LogP contribution >= 0.6 is 0 Å². The van der Waals surface area contributed by atoms with Gasteiger partial charge < -0.3 is 19.2 Å². The summed E-state index contributed by atoms with van der Waals surface area (Å²) in [5.41, 5.74) is 4.05. The first-order valence-corrected chi connectivity index (χ1v) is 10.4. The molecule has 5 rings (SSSR count). The summed E-state index contributed by atoms with van der Waals surface area (Å²) in [6.07, 6.45) is 8.47. The zero-order valence-electron chi connectivity index (χ0n) is 16.3. The zero-order valence-corrected chi connectivity index (χ0v) is 16.3. The van der Waals surface area contributed by atoms with Crippen LogP contribution in [0.2, 0.25) is 0 Å². The van der Waals surface area contributed by atoms with Gasteiger partial charge in [0.1, 0.15) is 5.76 Å². The zero-order chi connectivity index (χ0) is 19.1. The monoisotopic (exact) mass is 385 g/mol. The molecule has 4 heterocycles. The van der Waals surface area contributed by atoms with E-state index in [1.807, 2.05) is 11.6 Å². The molecule has 0 aromatic carbocycles. The first kappa shape index (κ1) is 17.9. The van der Waals surface area contributed by atoms with Gasteiger partial charge in [-0.1, -0.05) is 0 Å². The molecule has 1 N–H and O–H groups in total. The molecule has 2 aromatic heterocycles. The van der Waals surface area contributed by atoms with Crippen molar-refractivity contribution in [3.8, 4) is 11.3 Å². The predicted molar refractivity (Wildman–Crippen MR) is 102 cm³/mol. The van der Waals surface area contributed by atoms with Crippen molar-refractivity contribution < 1.29 is 18.7 Å². The highest BCUT2D eigenvalue weighted by Gasteiger charge is 2.30. The lowest BCUT2D eigenvalue weighted by atomic mass is 9.93. The number of carbonyl (C=O) groups is 1. The maximum Gasteiger partial charge on any atom is 0.287 e. The summed E-state index contributed by atoms with van der Waals surface area (Å²) < 4.78 is 19.3. The highest BCUT2D eigenvalue weighted by Crippen LogP contribution is 2.38.